The number of amides is 2. The zero-order valence-electron chi connectivity index (χ0n) is 15.8. The van der Waals surface area contributed by atoms with Crippen LogP contribution in [0.4, 0.5) is 13.2 Å². The van der Waals surface area contributed by atoms with E-state index in [2.05, 4.69) is 4.98 Å². The normalized spacial score (nSPS) is 24.7. The molecular formula is C20H20F3N3O2S. The van der Waals surface area contributed by atoms with Crippen molar-refractivity contribution in [2.45, 2.75) is 50.5 Å². The lowest BCUT2D eigenvalue weighted by Gasteiger charge is -2.47. The first-order valence-corrected chi connectivity index (χ1v) is 10.3. The van der Waals surface area contributed by atoms with E-state index in [0.29, 0.717) is 37.1 Å². The van der Waals surface area contributed by atoms with Gasteiger partial charge in [0.05, 0.1) is 22.7 Å². The molecule has 0 aliphatic carbocycles. The number of thiazole rings is 1. The first-order chi connectivity index (χ1) is 13.7. The van der Waals surface area contributed by atoms with E-state index >= 15 is 0 Å². The summed E-state index contributed by atoms with van der Waals surface area (Å²) in [6, 6.07) is 4.77. The van der Waals surface area contributed by atoms with Crippen molar-refractivity contribution in [3.63, 3.8) is 0 Å². The lowest BCUT2D eigenvalue weighted by atomic mass is 9.83. The summed E-state index contributed by atoms with van der Waals surface area (Å²) in [6.07, 6.45) is -2.88. The fourth-order valence-corrected chi connectivity index (χ4v) is 4.95. The summed E-state index contributed by atoms with van der Waals surface area (Å²) in [6.45, 7) is 2.71. The van der Waals surface area contributed by atoms with Crippen LogP contribution in [0.5, 0.6) is 0 Å². The van der Waals surface area contributed by atoms with Crippen molar-refractivity contribution in [1.82, 2.24) is 14.8 Å². The van der Waals surface area contributed by atoms with Gasteiger partial charge in [-0.3, -0.25) is 9.59 Å². The number of carbonyl (C=O) groups excluding carboxylic acids is 2. The van der Waals surface area contributed by atoms with E-state index in [1.54, 1.807) is 20.7 Å². The zero-order chi connectivity index (χ0) is 20.8. The Kier molecular flexibility index (Phi) is 4.88. The molecular weight excluding hydrogens is 403 g/mol. The number of fused-ring (bicyclic) bond motifs is 1. The van der Waals surface area contributed by atoms with Crippen molar-refractivity contribution in [2.75, 3.05) is 6.54 Å². The molecule has 9 heteroatoms. The van der Waals surface area contributed by atoms with Crippen LogP contribution in [0.2, 0.25) is 0 Å². The number of hydrogen-bond acceptors (Lipinski definition) is 4. The van der Waals surface area contributed by atoms with E-state index in [-0.39, 0.29) is 24.4 Å². The number of nitrogens with zero attached hydrogens (tertiary/aromatic N) is 3. The number of likely N-dealkylation sites (tertiary alicyclic amines) is 2. The van der Waals surface area contributed by atoms with Crippen LogP contribution in [0, 0.1) is 0 Å². The van der Waals surface area contributed by atoms with Gasteiger partial charge in [0.2, 0.25) is 5.91 Å². The fourth-order valence-electron chi connectivity index (χ4n) is 4.43. The van der Waals surface area contributed by atoms with Gasteiger partial charge in [-0.05, 0) is 37.5 Å². The summed E-state index contributed by atoms with van der Waals surface area (Å²) < 4.78 is 38.4. The average molecular weight is 423 g/mol. The van der Waals surface area contributed by atoms with E-state index in [4.69, 9.17) is 0 Å². The molecule has 1 aromatic heterocycles. The summed E-state index contributed by atoms with van der Waals surface area (Å²) >= 11 is 1.36. The maximum absolute atomic E-state index is 12.8. The molecule has 154 valence electrons. The van der Waals surface area contributed by atoms with E-state index in [9.17, 15) is 22.8 Å². The van der Waals surface area contributed by atoms with Crippen molar-refractivity contribution in [1.29, 1.82) is 0 Å². The summed E-state index contributed by atoms with van der Waals surface area (Å²) in [5.41, 5.74) is 1.40. The van der Waals surface area contributed by atoms with E-state index < -0.39 is 17.3 Å². The molecule has 4 rings (SSSR count). The largest absolute Gasteiger partial charge is 0.416 e. The molecule has 2 saturated heterocycles. The van der Waals surface area contributed by atoms with Gasteiger partial charge in [0.25, 0.3) is 5.91 Å². The highest BCUT2D eigenvalue weighted by Crippen LogP contribution is 2.42. The lowest BCUT2D eigenvalue weighted by molar-refractivity contribution is -0.144. The van der Waals surface area contributed by atoms with Crippen LogP contribution < -0.4 is 0 Å². The van der Waals surface area contributed by atoms with Gasteiger partial charge in [-0.25, -0.2) is 4.98 Å². The van der Waals surface area contributed by atoms with E-state index in [1.165, 1.54) is 23.5 Å². The number of aromatic nitrogens is 1. The van der Waals surface area contributed by atoms with Crippen molar-refractivity contribution >= 4 is 23.2 Å². The van der Waals surface area contributed by atoms with E-state index in [0.717, 1.165) is 12.1 Å². The smallest absolute Gasteiger partial charge is 0.332 e. The molecule has 0 spiro atoms. The number of benzene rings is 1. The monoisotopic (exact) mass is 423 g/mol. The van der Waals surface area contributed by atoms with Crippen LogP contribution in [-0.2, 0) is 17.5 Å². The van der Waals surface area contributed by atoms with Gasteiger partial charge in [0, 0.05) is 24.9 Å². The Morgan fingerprint density at radius 1 is 1.31 bits per heavy atom. The van der Waals surface area contributed by atoms with Gasteiger partial charge in [-0.2, -0.15) is 13.2 Å². The van der Waals surface area contributed by atoms with Crippen LogP contribution in [-0.4, -0.2) is 44.7 Å². The lowest BCUT2D eigenvalue weighted by Crippen LogP contribution is -2.60. The van der Waals surface area contributed by atoms with E-state index in [1.807, 2.05) is 6.92 Å². The highest BCUT2D eigenvalue weighted by atomic mass is 32.1. The number of hydrogen-bond donors (Lipinski definition) is 0. The van der Waals surface area contributed by atoms with Crippen LogP contribution in [0.1, 0.15) is 47.8 Å². The van der Waals surface area contributed by atoms with Crippen molar-refractivity contribution < 1.29 is 22.8 Å². The van der Waals surface area contributed by atoms with Crippen LogP contribution in [0.25, 0.3) is 0 Å². The molecule has 0 unspecified atom stereocenters. The molecule has 2 aliphatic rings. The molecule has 0 N–H and O–H groups in total. The molecule has 2 atom stereocenters. The van der Waals surface area contributed by atoms with Crippen LogP contribution in [0.3, 0.4) is 0 Å². The number of carbonyl (C=O) groups is 2. The quantitative estimate of drug-likeness (QED) is 0.751. The van der Waals surface area contributed by atoms with Crippen molar-refractivity contribution in [3.8, 4) is 0 Å². The molecule has 3 heterocycles. The third-order valence-electron chi connectivity index (χ3n) is 6.04. The Balaban J connectivity index is 1.56. The molecule has 2 amide bonds. The minimum Gasteiger partial charge on any atom is -0.332 e. The molecule has 2 aliphatic heterocycles. The summed E-state index contributed by atoms with van der Waals surface area (Å²) in [7, 11) is 0. The molecule has 0 bridgehead atoms. The van der Waals surface area contributed by atoms with Gasteiger partial charge >= 0.3 is 6.18 Å². The Labute approximate surface area is 170 Å². The molecule has 0 saturated carbocycles. The van der Waals surface area contributed by atoms with Gasteiger partial charge < -0.3 is 9.80 Å². The number of halogens is 3. The Bertz CT molecular complexity index is 914. The molecule has 1 aromatic carbocycles. The zero-order valence-corrected chi connectivity index (χ0v) is 16.6. The SMILES string of the molecule is C[C@]12CCN(C(=O)c3cscn3)[C@H]1CCC(=O)N2Cc1ccc(C(F)(F)F)cc1. The van der Waals surface area contributed by atoms with Crippen LogP contribution >= 0.6 is 11.3 Å². The standard InChI is InChI=1S/C20H20F3N3O2S/c1-19-8-9-25(18(28)15-11-29-12-24-15)16(19)6-7-17(27)26(19)10-13-2-4-14(5-3-13)20(21,22)23/h2-5,11-12,16H,6-10H2,1H3/t16-,19-/m0/s1. The molecule has 2 aromatic rings. The number of piperidine rings is 1. The van der Waals surface area contributed by atoms with Gasteiger partial charge in [-0.1, -0.05) is 12.1 Å². The second-order valence-electron chi connectivity index (χ2n) is 7.71. The average Bonchev–Trinajstić information content (AvgIpc) is 3.32. The summed E-state index contributed by atoms with van der Waals surface area (Å²) in [5.74, 6) is -0.171. The predicted octanol–water partition coefficient (Wildman–Crippen LogP) is 3.96. The predicted molar refractivity (Wildman–Crippen MR) is 101 cm³/mol. The Morgan fingerprint density at radius 3 is 2.66 bits per heavy atom. The second-order valence-corrected chi connectivity index (χ2v) is 8.43. The highest BCUT2D eigenvalue weighted by molar-refractivity contribution is 7.07. The van der Waals surface area contributed by atoms with Crippen LogP contribution in [0.15, 0.2) is 35.2 Å². The summed E-state index contributed by atoms with van der Waals surface area (Å²) in [4.78, 5) is 33.2. The third-order valence-corrected chi connectivity index (χ3v) is 6.62. The first-order valence-electron chi connectivity index (χ1n) is 9.36. The summed E-state index contributed by atoms with van der Waals surface area (Å²) in [5, 5.41) is 1.71. The second kappa shape index (κ2) is 7.12. The molecule has 2 fully saturated rings. The Morgan fingerprint density at radius 2 is 2.03 bits per heavy atom. The fraction of sp³-hybridized carbons (Fsp3) is 0.450. The number of alkyl halides is 3. The van der Waals surface area contributed by atoms with Gasteiger partial charge in [-0.15, -0.1) is 11.3 Å². The maximum Gasteiger partial charge on any atom is 0.416 e. The molecule has 5 nitrogen and oxygen atoms in total. The van der Waals surface area contributed by atoms with Crippen molar-refractivity contribution in [2.24, 2.45) is 0 Å². The van der Waals surface area contributed by atoms with Crippen molar-refractivity contribution in [3.05, 3.63) is 52.0 Å². The topological polar surface area (TPSA) is 53.5 Å². The Hall–Kier alpha value is -2.42. The minimum atomic E-state index is -4.39. The molecule has 0 radical (unpaired) electrons. The first kappa shape index (κ1) is 19.9. The highest BCUT2D eigenvalue weighted by Gasteiger charge is 2.53. The maximum atomic E-state index is 12.8. The molecule has 29 heavy (non-hydrogen) atoms. The minimum absolute atomic E-state index is 0.0356. The third kappa shape index (κ3) is 3.52. The number of rotatable bonds is 3. The van der Waals surface area contributed by atoms with Gasteiger partial charge in [0.15, 0.2) is 0 Å². The van der Waals surface area contributed by atoms with Gasteiger partial charge in [0.1, 0.15) is 5.69 Å².